The Labute approximate surface area is 110 Å². The topological polar surface area (TPSA) is 37.3 Å². The minimum absolute atomic E-state index is 0.415. The second kappa shape index (κ2) is 3.98. The first-order valence-electron chi connectivity index (χ1n) is 7.76. The number of aliphatic carboxylic acids is 1. The normalized spacial score (nSPS) is 53.7. The molecule has 2 bridgehead atoms. The fraction of sp³-hybridized carbons (Fsp3) is 0.938. The molecular weight excluding hydrogens is 224 g/mol. The molecule has 3 fully saturated rings. The Morgan fingerprint density at radius 2 is 1.78 bits per heavy atom. The molecule has 0 heterocycles. The van der Waals surface area contributed by atoms with Crippen molar-refractivity contribution in [1.82, 2.24) is 0 Å². The monoisotopic (exact) mass is 250 g/mol. The Morgan fingerprint density at radius 3 is 2.33 bits per heavy atom. The van der Waals surface area contributed by atoms with Crippen LogP contribution >= 0.6 is 0 Å². The third-order valence-corrected chi connectivity index (χ3v) is 6.75. The van der Waals surface area contributed by atoms with Crippen LogP contribution < -0.4 is 0 Å². The molecular formula is C16H26O2. The summed E-state index contributed by atoms with van der Waals surface area (Å²) < 4.78 is 0. The van der Waals surface area contributed by atoms with Crippen LogP contribution in [0.5, 0.6) is 0 Å². The number of carboxylic acid groups (broad SMARTS) is 1. The smallest absolute Gasteiger partial charge is 0.309 e. The molecule has 2 nitrogen and oxygen atoms in total. The van der Waals surface area contributed by atoms with Crippen LogP contribution in [0.4, 0.5) is 0 Å². The van der Waals surface area contributed by atoms with Crippen molar-refractivity contribution in [2.24, 2.45) is 40.9 Å². The van der Waals surface area contributed by atoms with Gasteiger partial charge in [-0.05, 0) is 61.7 Å². The first kappa shape index (κ1) is 12.5. The van der Waals surface area contributed by atoms with Gasteiger partial charge in [0, 0.05) is 0 Å². The molecule has 3 saturated carbocycles. The maximum atomic E-state index is 11.6. The molecule has 0 aromatic carbocycles. The maximum Gasteiger partial charge on any atom is 0.309 e. The predicted molar refractivity (Wildman–Crippen MR) is 71.1 cm³/mol. The zero-order chi connectivity index (χ0) is 13.1. The fourth-order valence-electron chi connectivity index (χ4n) is 5.99. The van der Waals surface area contributed by atoms with Gasteiger partial charge >= 0.3 is 5.97 Å². The van der Waals surface area contributed by atoms with Crippen LogP contribution in [0.3, 0.4) is 0 Å². The van der Waals surface area contributed by atoms with E-state index in [0.29, 0.717) is 11.8 Å². The van der Waals surface area contributed by atoms with Gasteiger partial charge in [-0.15, -0.1) is 0 Å². The molecule has 0 amide bonds. The minimum Gasteiger partial charge on any atom is -0.481 e. The van der Waals surface area contributed by atoms with E-state index in [1.165, 1.54) is 25.7 Å². The molecule has 0 radical (unpaired) electrons. The molecule has 0 aromatic rings. The van der Waals surface area contributed by atoms with E-state index >= 15 is 0 Å². The minimum atomic E-state index is -0.539. The van der Waals surface area contributed by atoms with Crippen LogP contribution in [0.25, 0.3) is 0 Å². The molecule has 1 N–H and O–H groups in total. The average molecular weight is 250 g/mol. The van der Waals surface area contributed by atoms with Gasteiger partial charge in [-0.3, -0.25) is 4.79 Å². The Bertz CT molecular complexity index is 364. The van der Waals surface area contributed by atoms with E-state index in [9.17, 15) is 9.90 Å². The Balaban J connectivity index is 1.92. The van der Waals surface area contributed by atoms with E-state index in [-0.39, 0.29) is 0 Å². The highest BCUT2D eigenvalue weighted by atomic mass is 16.4. The van der Waals surface area contributed by atoms with Crippen LogP contribution in [0.15, 0.2) is 0 Å². The Kier molecular flexibility index (Phi) is 2.76. The summed E-state index contributed by atoms with van der Waals surface area (Å²) in [6, 6.07) is 0. The molecule has 18 heavy (non-hydrogen) atoms. The molecule has 2 heteroatoms. The summed E-state index contributed by atoms with van der Waals surface area (Å²) >= 11 is 0. The first-order chi connectivity index (χ1) is 8.52. The van der Waals surface area contributed by atoms with Crippen molar-refractivity contribution in [3.8, 4) is 0 Å². The lowest BCUT2D eigenvalue weighted by Gasteiger charge is -2.40. The SMILES string of the molecule is CCC1CC(CC)C2C1C1CC2C(C)(C(=O)O)C1. The number of hydrogen-bond donors (Lipinski definition) is 1. The van der Waals surface area contributed by atoms with Gasteiger partial charge in [0.15, 0.2) is 0 Å². The van der Waals surface area contributed by atoms with E-state index in [1.54, 1.807) is 0 Å². The lowest BCUT2D eigenvalue weighted by atomic mass is 9.63. The summed E-state index contributed by atoms with van der Waals surface area (Å²) in [4.78, 5) is 11.6. The summed E-state index contributed by atoms with van der Waals surface area (Å²) in [5.74, 6) is 3.90. The molecule has 7 atom stereocenters. The van der Waals surface area contributed by atoms with Crippen LogP contribution in [0.2, 0.25) is 0 Å². The summed E-state index contributed by atoms with van der Waals surface area (Å²) in [6.45, 7) is 6.63. The number of carbonyl (C=O) groups is 1. The molecule has 7 unspecified atom stereocenters. The van der Waals surface area contributed by atoms with Crippen molar-refractivity contribution >= 4 is 5.97 Å². The van der Waals surface area contributed by atoms with E-state index in [4.69, 9.17) is 0 Å². The van der Waals surface area contributed by atoms with Crippen molar-refractivity contribution < 1.29 is 9.90 Å². The molecule has 0 saturated heterocycles. The first-order valence-corrected chi connectivity index (χ1v) is 7.76. The number of carboxylic acids is 1. The number of rotatable bonds is 3. The van der Waals surface area contributed by atoms with Gasteiger partial charge in [0.2, 0.25) is 0 Å². The molecule has 3 rings (SSSR count). The highest BCUT2D eigenvalue weighted by Crippen LogP contribution is 2.69. The molecule has 102 valence electrons. The van der Waals surface area contributed by atoms with Gasteiger partial charge in [0.1, 0.15) is 0 Å². The second-order valence-corrected chi connectivity index (χ2v) is 7.26. The molecule has 3 aliphatic rings. The lowest BCUT2D eigenvalue weighted by molar-refractivity contribution is -0.153. The molecule has 0 aliphatic heterocycles. The van der Waals surface area contributed by atoms with Crippen LogP contribution in [-0.4, -0.2) is 11.1 Å². The summed E-state index contributed by atoms with van der Waals surface area (Å²) in [5.41, 5.74) is -0.415. The van der Waals surface area contributed by atoms with E-state index < -0.39 is 11.4 Å². The largest absolute Gasteiger partial charge is 0.481 e. The molecule has 0 spiro atoms. The molecule has 0 aromatic heterocycles. The van der Waals surface area contributed by atoms with E-state index in [1.807, 2.05) is 6.92 Å². The van der Waals surface area contributed by atoms with E-state index in [0.717, 1.165) is 30.1 Å². The van der Waals surface area contributed by atoms with Gasteiger partial charge in [0.05, 0.1) is 5.41 Å². The maximum absolute atomic E-state index is 11.6. The summed E-state index contributed by atoms with van der Waals surface area (Å²) in [5, 5.41) is 9.60. The van der Waals surface area contributed by atoms with Crippen LogP contribution in [-0.2, 0) is 4.79 Å². The standard InChI is InChI=1S/C16H26O2/c1-4-9-6-10(5-2)14-12-7-11(13(9)14)8-16(12,3)15(17)18/h9-14H,4-8H2,1-3H3,(H,17,18). The quantitative estimate of drug-likeness (QED) is 0.827. The van der Waals surface area contributed by atoms with E-state index in [2.05, 4.69) is 13.8 Å². The average Bonchev–Trinajstić information content (AvgIpc) is 2.96. The van der Waals surface area contributed by atoms with Gasteiger partial charge in [-0.2, -0.15) is 0 Å². The van der Waals surface area contributed by atoms with Crippen LogP contribution in [0.1, 0.15) is 52.9 Å². The zero-order valence-electron chi connectivity index (χ0n) is 11.9. The van der Waals surface area contributed by atoms with Crippen molar-refractivity contribution in [3.05, 3.63) is 0 Å². The highest BCUT2D eigenvalue weighted by Gasteiger charge is 2.65. The number of hydrogen-bond acceptors (Lipinski definition) is 1. The predicted octanol–water partition coefficient (Wildman–Crippen LogP) is 3.81. The molecule has 3 aliphatic carbocycles. The van der Waals surface area contributed by atoms with Crippen LogP contribution in [0, 0.1) is 40.9 Å². The van der Waals surface area contributed by atoms with Crippen molar-refractivity contribution in [3.63, 3.8) is 0 Å². The van der Waals surface area contributed by atoms with Gasteiger partial charge in [-0.1, -0.05) is 26.7 Å². The second-order valence-electron chi connectivity index (χ2n) is 7.26. The van der Waals surface area contributed by atoms with Crippen molar-refractivity contribution in [2.75, 3.05) is 0 Å². The third-order valence-electron chi connectivity index (χ3n) is 6.75. The van der Waals surface area contributed by atoms with Gasteiger partial charge < -0.3 is 5.11 Å². The van der Waals surface area contributed by atoms with Crippen molar-refractivity contribution in [1.29, 1.82) is 0 Å². The lowest BCUT2D eigenvalue weighted by Crippen LogP contribution is -2.41. The number of fused-ring (bicyclic) bond motifs is 5. The van der Waals surface area contributed by atoms with Gasteiger partial charge in [-0.25, -0.2) is 0 Å². The van der Waals surface area contributed by atoms with Crippen molar-refractivity contribution in [2.45, 2.75) is 52.9 Å². The summed E-state index contributed by atoms with van der Waals surface area (Å²) in [7, 11) is 0. The highest BCUT2D eigenvalue weighted by molar-refractivity contribution is 5.75. The fourth-order valence-corrected chi connectivity index (χ4v) is 5.99. The van der Waals surface area contributed by atoms with Gasteiger partial charge in [0.25, 0.3) is 0 Å². The Hall–Kier alpha value is -0.530. The third kappa shape index (κ3) is 1.38. The zero-order valence-corrected chi connectivity index (χ0v) is 11.9. The summed E-state index contributed by atoms with van der Waals surface area (Å²) in [6.07, 6.45) is 6.05. The Morgan fingerprint density at radius 1 is 1.17 bits per heavy atom.